The number of carbonyl (C=O) groups is 2. The Morgan fingerprint density at radius 3 is 2.74 bits per heavy atom. The highest BCUT2D eigenvalue weighted by Gasteiger charge is 2.24. The zero-order valence-electron chi connectivity index (χ0n) is 14.3. The Morgan fingerprint density at radius 2 is 2.04 bits per heavy atom. The van der Waals surface area contributed by atoms with Crippen molar-refractivity contribution in [2.24, 2.45) is 5.73 Å². The summed E-state index contributed by atoms with van der Waals surface area (Å²) in [6, 6.07) is 3.64. The summed E-state index contributed by atoms with van der Waals surface area (Å²) in [4.78, 5) is 37.7. The predicted molar refractivity (Wildman–Crippen MR) is 102 cm³/mol. The van der Waals surface area contributed by atoms with Crippen LogP contribution in [0.5, 0.6) is 0 Å². The molecule has 2 aromatic rings. The molecule has 3 rings (SSSR count). The molecule has 2 amide bonds. The zero-order chi connectivity index (χ0) is 19.4. The van der Waals surface area contributed by atoms with Gasteiger partial charge < -0.3 is 26.4 Å². The molecule has 5 N–H and O–H groups in total. The lowest BCUT2D eigenvalue weighted by Gasteiger charge is -2.33. The van der Waals surface area contributed by atoms with Crippen molar-refractivity contribution in [3.05, 3.63) is 34.8 Å². The lowest BCUT2D eigenvalue weighted by Crippen LogP contribution is -2.39. The number of anilines is 3. The second-order valence-corrected chi connectivity index (χ2v) is 6.69. The Kier molecular flexibility index (Phi) is 5.69. The Balaban J connectivity index is 1.74. The minimum Gasteiger partial charge on any atom is -0.446 e. The van der Waals surface area contributed by atoms with Crippen molar-refractivity contribution in [1.82, 2.24) is 15.0 Å². The highest BCUT2D eigenvalue weighted by Crippen LogP contribution is 2.27. The van der Waals surface area contributed by atoms with Crippen molar-refractivity contribution in [3.8, 4) is 0 Å². The molecule has 2 aromatic heterocycles. The van der Waals surface area contributed by atoms with Gasteiger partial charge in [-0.15, -0.1) is 0 Å². The van der Waals surface area contributed by atoms with Crippen LogP contribution in [0.4, 0.5) is 22.1 Å². The number of halogens is 1. The van der Waals surface area contributed by atoms with Crippen LogP contribution in [-0.2, 0) is 4.74 Å². The monoisotopic (exact) mass is 435 g/mol. The summed E-state index contributed by atoms with van der Waals surface area (Å²) < 4.78 is 5.45. The van der Waals surface area contributed by atoms with Gasteiger partial charge in [0.25, 0.3) is 5.91 Å². The Labute approximate surface area is 163 Å². The topological polar surface area (TPSA) is 149 Å². The van der Waals surface area contributed by atoms with Crippen LogP contribution in [0.1, 0.15) is 23.3 Å². The number of hydrogen-bond acceptors (Lipinski definition) is 8. The number of ether oxygens (including phenoxy) is 1. The van der Waals surface area contributed by atoms with Gasteiger partial charge in [-0.3, -0.25) is 4.79 Å². The van der Waals surface area contributed by atoms with Crippen LogP contribution in [0.15, 0.2) is 29.1 Å². The molecule has 1 saturated heterocycles. The first-order valence-electron chi connectivity index (χ1n) is 8.19. The Hall–Kier alpha value is -2.95. The summed E-state index contributed by atoms with van der Waals surface area (Å²) in [7, 11) is 0. The highest BCUT2D eigenvalue weighted by molar-refractivity contribution is 9.10. The third-order valence-corrected chi connectivity index (χ3v) is 4.45. The normalized spacial score (nSPS) is 14.6. The van der Waals surface area contributed by atoms with Crippen molar-refractivity contribution in [2.45, 2.75) is 18.9 Å². The summed E-state index contributed by atoms with van der Waals surface area (Å²) in [5.41, 5.74) is 11.6. The van der Waals surface area contributed by atoms with E-state index in [1.165, 1.54) is 6.20 Å². The summed E-state index contributed by atoms with van der Waals surface area (Å²) >= 11 is 3.17. The molecule has 1 aliphatic heterocycles. The van der Waals surface area contributed by atoms with Crippen molar-refractivity contribution < 1.29 is 14.3 Å². The van der Waals surface area contributed by atoms with Crippen LogP contribution >= 0.6 is 15.9 Å². The van der Waals surface area contributed by atoms with E-state index in [1.54, 1.807) is 12.3 Å². The maximum atomic E-state index is 12.6. The molecule has 0 radical (unpaired) electrons. The van der Waals surface area contributed by atoms with Crippen LogP contribution in [0.25, 0.3) is 0 Å². The van der Waals surface area contributed by atoms with Gasteiger partial charge in [0.2, 0.25) is 0 Å². The SMILES string of the molecule is NC(=O)OC1CCN(c2cccnc2NC(=O)c2nc(Br)cnc2N)CC1. The number of rotatable bonds is 4. The summed E-state index contributed by atoms with van der Waals surface area (Å²) in [5.74, 6) is -0.0938. The van der Waals surface area contributed by atoms with Gasteiger partial charge in [-0.1, -0.05) is 0 Å². The van der Waals surface area contributed by atoms with Crippen LogP contribution in [0.2, 0.25) is 0 Å². The van der Waals surface area contributed by atoms with E-state index in [1.807, 2.05) is 6.07 Å². The lowest BCUT2D eigenvalue weighted by atomic mass is 10.1. The van der Waals surface area contributed by atoms with E-state index in [4.69, 9.17) is 16.2 Å². The highest BCUT2D eigenvalue weighted by atomic mass is 79.9. The number of piperidine rings is 1. The number of hydrogen-bond donors (Lipinski definition) is 3. The molecule has 0 unspecified atom stereocenters. The molecule has 11 heteroatoms. The first-order valence-corrected chi connectivity index (χ1v) is 8.98. The molecule has 0 aliphatic carbocycles. The van der Waals surface area contributed by atoms with Gasteiger partial charge >= 0.3 is 6.09 Å². The number of nitrogens with one attached hydrogen (secondary N) is 1. The van der Waals surface area contributed by atoms with Crippen LogP contribution in [-0.4, -0.2) is 46.1 Å². The first-order chi connectivity index (χ1) is 12.9. The molecule has 0 aromatic carbocycles. The van der Waals surface area contributed by atoms with Crippen molar-refractivity contribution in [1.29, 1.82) is 0 Å². The van der Waals surface area contributed by atoms with E-state index < -0.39 is 12.0 Å². The van der Waals surface area contributed by atoms with Crippen LogP contribution in [0.3, 0.4) is 0 Å². The van der Waals surface area contributed by atoms with Gasteiger partial charge in [0.15, 0.2) is 17.3 Å². The van der Waals surface area contributed by atoms with Crippen molar-refractivity contribution >= 4 is 45.3 Å². The van der Waals surface area contributed by atoms with E-state index in [0.717, 1.165) is 5.69 Å². The molecule has 1 aliphatic rings. The number of carbonyl (C=O) groups excluding carboxylic acids is 2. The van der Waals surface area contributed by atoms with Gasteiger partial charge in [0.1, 0.15) is 10.7 Å². The lowest BCUT2D eigenvalue weighted by molar-refractivity contribution is 0.0911. The maximum absolute atomic E-state index is 12.6. The first kappa shape index (κ1) is 18.8. The van der Waals surface area contributed by atoms with Crippen molar-refractivity contribution in [2.75, 3.05) is 29.0 Å². The fourth-order valence-electron chi connectivity index (χ4n) is 2.84. The van der Waals surface area contributed by atoms with Gasteiger partial charge in [0, 0.05) is 32.1 Å². The van der Waals surface area contributed by atoms with E-state index in [-0.39, 0.29) is 17.6 Å². The molecule has 3 heterocycles. The number of aromatic nitrogens is 3. The number of primary amides is 1. The minimum absolute atomic E-state index is 0.00884. The largest absolute Gasteiger partial charge is 0.446 e. The predicted octanol–water partition coefficient (Wildman–Crippen LogP) is 1.53. The smallest absolute Gasteiger partial charge is 0.404 e. The standard InChI is InChI=1S/C16H18BrN7O3/c17-11-8-21-13(18)12(22-11)15(25)23-14-10(2-1-5-20-14)24-6-3-9(4-7-24)27-16(19)26/h1-2,5,8-9H,3-4,6-7H2,(H2,18,21)(H2,19,26)(H,20,23,25). The van der Waals surface area contributed by atoms with Gasteiger partial charge in [-0.05, 0) is 28.1 Å². The number of nitrogens with zero attached hydrogens (tertiary/aromatic N) is 4. The van der Waals surface area contributed by atoms with Crippen LogP contribution in [0, 0.1) is 0 Å². The van der Waals surface area contributed by atoms with Gasteiger partial charge in [-0.2, -0.15) is 0 Å². The zero-order valence-corrected chi connectivity index (χ0v) is 15.8. The fourth-order valence-corrected chi connectivity index (χ4v) is 3.12. The average Bonchev–Trinajstić information content (AvgIpc) is 2.64. The van der Waals surface area contributed by atoms with Crippen LogP contribution < -0.4 is 21.7 Å². The fraction of sp³-hybridized carbons (Fsp3) is 0.312. The Bertz CT molecular complexity index is 856. The molecule has 0 bridgehead atoms. The van der Waals surface area contributed by atoms with Gasteiger partial charge in [0.05, 0.1) is 11.9 Å². The molecule has 0 spiro atoms. The minimum atomic E-state index is -0.768. The molecule has 27 heavy (non-hydrogen) atoms. The molecular formula is C16H18BrN7O3. The Morgan fingerprint density at radius 1 is 1.30 bits per heavy atom. The molecule has 142 valence electrons. The molecule has 10 nitrogen and oxygen atoms in total. The van der Waals surface area contributed by atoms with Crippen molar-refractivity contribution in [3.63, 3.8) is 0 Å². The molecular weight excluding hydrogens is 418 g/mol. The van der Waals surface area contributed by atoms with E-state index in [2.05, 4.69) is 41.1 Å². The molecule has 1 fully saturated rings. The summed E-state index contributed by atoms with van der Waals surface area (Å²) in [6.45, 7) is 1.26. The number of amides is 2. The third-order valence-electron chi connectivity index (χ3n) is 4.07. The quantitative estimate of drug-likeness (QED) is 0.653. The van der Waals surface area contributed by atoms with E-state index >= 15 is 0 Å². The number of pyridine rings is 1. The second kappa shape index (κ2) is 8.16. The average molecular weight is 436 g/mol. The summed E-state index contributed by atoms with van der Waals surface area (Å²) in [5, 5.41) is 2.74. The van der Waals surface area contributed by atoms with E-state index in [9.17, 15) is 9.59 Å². The van der Waals surface area contributed by atoms with Gasteiger partial charge in [-0.25, -0.2) is 19.7 Å². The summed E-state index contributed by atoms with van der Waals surface area (Å²) in [6.07, 6.45) is 3.29. The molecule has 0 atom stereocenters. The number of nitrogens with two attached hydrogens (primary N) is 2. The second-order valence-electron chi connectivity index (χ2n) is 5.88. The number of nitrogen functional groups attached to an aromatic ring is 1. The molecule has 0 saturated carbocycles. The maximum Gasteiger partial charge on any atom is 0.404 e. The third kappa shape index (κ3) is 4.61. The van der Waals surface area contributed by atoms with E-state index in [0.29, 0.717) is 36.4 Å².